The first kappa shape index (κ1) is 16.1. The van der Waals surface area contributed by atoms with Gasteiger partial charge < -0.3 is 14.7 Å². The van der Waals surface area contributed by atoms with Crippen molar-refractivity contribution in [3.63, 3.8) is 0 Å². The van der Waals surface area contributed by atoms with Gasteiger partial charge in [0, 0.05) is 30.1 Å². The molecule has 22 heavy (non-hydrogen) atoms. The van der Waals surface area contributed by atoms with Crippen molar-refractivity contribution in [3.8, 4) is 11.5 Å². The van der Waals surface area contributed by atoms with Crippen LogP contribution in [0, 0.1) is 0 Å². The molecule has 0 saturated carbocycles. The smallest absolute Gasteiger partial charge is 0.870 e. The second-order valence-electron chi connectivity index (χ2n) is 5.61. The van der Waals surface area contributed by atoms with Crippen LogP contribution in [0.25, 0.3) is 21.5 Å². The number of hydrogen-bond acceptors (Lipinski definition) is 3. The standard InChI is InChI=1S/C18H17NO2.K/c1-19-8-7-12-10-15(20)18(21-2)17-13-6-4-3-5-11(13)9-14(19)16(12)17;/h3-6,9-10,20H,7-8H2,1-2H3;/q;+1/p-1. The van der Waals surface area contributed by atoms with Crippen molar-refractivity contribution in [1.82, 2.24) is 0 Å². The molecule has 0 bridgehead atoms. The minimum atomic E-state index is -0.0214. The Kier molecular flexibility index (Phi) is 4.40. The van der Waals surface area contributed by atoms with Crippen LogP contribution in [0.3, 0.4) is 0 Å². The zero-order valence-corrected chi connectivity index (χ0v) is 16.3. The maximum absolute atomic E-state index is 12.4. The molecule has 0 fully saturated rings. The van der Waals surface area contributed by atoms with Gasteiger partial charge in [-0.3, -0.25) is 0 Å². The number of rotatable bonds is 1. The Labute approximate surface area is 172 Å². The molecule has 0 aliphatic carbocycles. The molecule has 0 aromatic heterocycles. The summed E-state index contributed by atoms with van der Waals surface area (Å²) < 4.78 is 5.45. The minimum Gasteiger partial charge on any atom is -0.870 e. The van der Waals surface area contributed by atoms with E-state index in [1.807, 2.05) is 12.1 Å². The molecule has 0 atom stereocenters. The topological polar surface area (TPSA) is 35.5 Å². The second kappa shape index (κ2) is 6.02. The molecule has 3 aromatic rings. The fourth-order valence-corrected chi connectivity index (χ4v) is 3.42. The number of methoxy groups -OCH3 is 1. The van der Waals surface area contributed by atoms with Gasteiger partial charge in [-0.15, -0.1) is 0 Å². The van der Waals surface area contributed by atoms with E-state index in [2.05, 4.69) is 30.1 Å². The van der Waals surface area contributed by atoms with E-state index in [1.54, 1.807) is 13.2 Å². The first-order chi connectivity index (χ1) is 10.2. The number of benzene rings is 3. The van der Waals surface area contributed by atoms with Crippen LogP contribution in [0.15, 0.2) is 36.4 Å². The third kappa shape index (κ3) is 2.25. The zero-order chi connectivity index (χ0) is 14.6. The molecule has 0 saturated heterocycles. The summed E-state index contributed by atoms with van der Waals surface area (Å²) in [6.07, 6.45) is 0.900. The summed E-state index contributed by atoms with van der Waals surface area (Å²) in [6.45, 7) is 0.937. The zero-order valence-electron chi connectivity index (χ0n) is 13.1. The first-order valence-electron chi connectivity index (χ1n) is 7.14. The molecule has 106 valence electrons. The molecule has 0 radical (unpaired) electrons. The average molecular weight is 317 g/mol. The third-order valence-corrected chi connectivity index (χ3v) is 4.44. The predicted molar refractivity (Wildman–Crippen MR) is 84.4 cm³/mol. The van der Waals surface area contributed by atoms with Gasteiger partial charge >= 0.3 is 51.4 Å². The summed E-state index contributed by atoms with van der Waals surface area (Å²) in [7, 11) is 3.68. The molecular weight excluding hydrogens is 301 g/mol. The summed E-state index contributed by atoms with van der Waals surface area (Å²) in [5, 5.41) is 16.7. The van der Waals surface area contributed by atoms with E-state index < -0.39 is 0 Å². The predicted octanol–water partition coefficient (Wildman–Crippen LogP) is 0.0715. The van der Waals surface area contributed by atoms with Gasteiger partial charge in [-0.25, -0.2) is 0 Å². The van der Waals surface area contributed by atoms with Crippen LogP contribution in [-0.2, 0) is 6.42 Å². The Morgan fingerprint density at radius 2 is 1.91 bits per heavy atom. The van der Waals surface area contributed by atoms with E-state index in [9.17, 15) is 5.11 Å². The number of anilines is 1. The van der Waals surface area contributed by atoms with Crippen LogP contribution in [0.2, 0.25) is 0 Å². The largest absolute Gasteiger partial charge is 1.00 e. The molecule has 0 amide bonds. The Morgan fingerprint density at radius 1 is 1.14 bits per heavy atom. The van der Waals surface area contributed by atoms with Crippen molar-refractivity contribution < 1.29 is 61.2 Å². The van der Waals surface area contributed by atoms with E-state index in [1.165, 1.54) is 11.1 Å². The van der Waals surface area contributed by atoms with Gasteiger partial charge in [0.25, 0.3) is 0 Å². The van der Waals surface area contributed by atoms with Crippen molar-refractivity contribution >= 4 is 27.2 Å². The van der Waals surface area contributed by atoms with Crippen LogP contribution in [0.1, 0.15) is 5.56 Å². The average Bonchev–Trinajstić information content (AvgIpc) is 2.50. The van der Waals surface area contributed by atoms with Crippen molar-refractivity contribution in [1.29, 1.82) is 0 Å². The molecule has 1 heterocycles. The summed E-state index contributed by atoms with van der Waals surface area (Å²) in [5.74, 6) is 0.439. The molecule has 1 aliphatic rings. The second-order valence-corrected chi connectivity index (χ2v) is 5.61. The van der Waals surface area contributed by atoms with Gasteiger partial charge in [-0.1, -0.05) is 36.1 Å². The number of likely N-dealkylation sites (N-methyl/N-ethyl adjacent to an activating group) is 1. The SMILES string of the molecule is COc1c([O-])cc2c3c(cc4ccccc4c13)N(C)CC2.[K+]. The normalized spacial score (nSPS) is 13.3. The summed E-state index contributed by atoms with van der Waals surface area (Å²) in [6, 6.07) is 12.1. The van der Waals surface area contributed by atoms with Gasteiger partial charge in [-0.2, -0.15) is 0 Å². The van der Waals surface area contributed by atoms with Gasteiger partial charge in [0.1, 0.15) is 5.75 Å². The summed E-state index contributed by atoms with van der Waals surface area (Å²) in [4.78, 5) is 2.26. The Morgan fingerprint density at radius 3 is 2.68 bits per heavy atom. The van der Waals surface area contributed by atoms with E-state index in [0.29, 0.717) is 5.75 Å². The number of nitrogens with zero attached hydrogens (tertiary/aromatic N) is 1. The molecule has 0 N–H and O–H groups in total. The van der Waals surface area contributed by atoms with Gasteiger partial charge in [-0.05, 0) is 28.8 Å². The maximum Gasteiger partial charge on any atom is 1.00 e. The summed E-state index contributed by atoms with van der Waals surface area (Å²) >= 11 is 0. The monoisotopic (exact) mass is 317 g/mol. The van der Waals surface area contributed by atoms with Crippen molar-refractivity contribution in [2.45, 2.75) is 6.42 Å². The molecule has 0 unspecified atom stereocenters. The molecule has 3 aromatic carbocycles. The number of fused-ring (bicyclic) bond motifs is 2. The van der Waals surface area contributed by atoms with Crippen LogP contribution in [0.4, 0.5) is 5.69 Å². The summed E-state index contributed by atoms with van der Waals surface area (Å²) in [5.41, 5.74) is 2.32. The van der Waals surface area contributed by atoms with E-state index >= 15 is 0 Å². The van der Waals surface area contributed by atoms with Crippen molar-refractivity contribution in [3.05, 3.63) is 42.0 Å². The van der Waals surface area contributed by atoms with Gasteiger partial charge in [0.05, 0.1) is 7.11 Å². The molecule has 4 heteroatoms. The number of hydrogen-bond donors (Lipinski definition) is 0. The Bertz CT molecular complexity index is 876. The molecule has 3 nitrogen and oxygen atoms in total. The van der Waals surface area contributed by atoms with Crippen LogP contribution >= 0.6 is 0 Å². The van der Waals surface area contributed by atoms with Crippen LogP contribution < -0.4 is 66.1 Å². The van der Waals surface area contributed by atoms with Crippen molar-refractivity contribution in [2.75, 3.05) is 25.6 Å². The molecular formula is C18H16KNO2. The fraction of sp³-hybridized carbons (Fsp3) is 0.222. The Balaban J connectivity index is 0.00000144. The Hall–Kier alpha value is -0.784. The number of ether oxygens (including phenoxy) is 1. The van der Waals surface area contributed by atoms with E-state index in [4.69, 9.17) is 4.74 Å². The molecule has 0 spiro atoms. The quantitative estimate of drug-likeness (QED) is 0.471. The van der Waals surface area contributed by atoms with E-state index in [-0.39, 0.29) is 57.1 Å². The molecule has 4 rings (SSSR count). The third-order valence-electron chi connectivity index (χ3n) is 4.44. The van der Waals surface area contributed by atoms with Gasteiger partial charge in [0.2, 0.25) is 0 Å². The molecule has 1 aliphatic heterocycles. The maximum atomic E-state index is 12.4. The van der Waals surface area contributed by atoms with Crippen LogP contribution in [-0.4, -0.2) is 20.7 Å². The first-order valence-corrected chi connectivity index (χ1v) is 7.14. The fourth-order valence-electron chi connectivity index (χ4n) is 3.42. The van der Waals surface area contributed by atoms with Crippen molar-refractivity contribution in [2.24, 2.45) is 0 Å². The van der Waals surface area contributed by atoms with Crippen LogP contribution in [0.5, 0.6) is 11.5 Å². The van der Waals surface area contributed by atoms with Gasteiger partial charge in [0.15, 0.2) is 0 Å². The minimum absolute atomic E-state index is 0. The van der Waals surface area contributed by atoms with E-state index in [0.717, 1.165) is 34.7 Å².